The zero-order chi connectivity index (χ0) is 11.1. The lowest BCUT2D eigenvalue weighted by Crippen LogP contribution is -2.10. The Morgan fingerprint density at radius 3 is 2.87 bits per heavy atom. The number of ether oxygens (including phenoxy) is 1. The Morgan fingerprint density at radius 2 is 2.27 bits per heavy atom. The SMILES string of the molecule is CCCCCOc1c[nH]c(CO)cc1=O. The van der Waals surface area contributed by atoms with Crippen LogP contribution in [0, 0.1) is 0 Å². The quantitative estimate of drug-likeness (QED) is 0.700. The number of rotatable bonds is 6. The molecular formula is C11H17NO3. The molecule has 4 nitrogen and oxygen atoms in total. The summed E-state index contributed by atoms with van der Waals surface area (Å²) >= 11 is 0. The summed E-state index contributed by atoms with van der Waals surface area (Å²) in [6, 6.07) is 1.36. The average molecular weight is 211 g/mol. The third kappa shape index (κ3) is 3.75. The van der Waals surface area contributed by atoms with Crippen molar-refractivity contribution in [1.82, 2.24) is 4.98 Å². The van der Waals surface area contributed by atoms with Gasteiger partial charge in [-0.25, -0.2) is 0 Å². The number of nitrogens with one attached hydrogen (secondary N) is 1. The van der Waals surface area contributed by atoms with Crippen molar-refractivity contribution in [3.8, 4) is 5.75 Å². The number of aromatic nitrogens is 1. The Balaban J connectivity index is 2.51. The van der Waals surface area contributed by atoms with Crippen molar-refractivity contribution in [2.75, 3.05) is 6.61 Å². The molecule has 2 N–H and O–H groups in total. The van der Waals surface area contributed by atoms with Gasteiger partial charge in [-0.1, -0.05) is 19.8 Å². The van der Waals surface area contributed by atoms with Crippen LogP contribution in [0.4, 0.5) is 0 Å². The maximum Gasteiger partial charge on any atom is 0.223 e. The van der Waals surface area contributed by atoms with Crippen molar-refractivity contribution in [3.63, 3.8) is 0 Å². The number of aromatic amines is 1. The molecule has 0 saturated heterocycles. The Morgan fingerprint density at radius 1 is 1.47 bits per heavy atom. The lowest BCUT2D eigenvalue weighted by Gasteiger charge is -2.05. The van der Waals surface area contributed by atoms with E-state index in [0.717, 1.165) is 19.3 Å². The fourth-order valence-corrected chi connectivity index (χ4v) is 1.24. The number of hydrogen-bond donors (Lipinski definition) is 2. The molecule has 0 atom stereocenters. The molecule has 0 aromatic carbocycles. The molecule has 0 bridgehead atoms. The maximum absolute atomic E-state index is 11.4. The Hall–Kier alpha value is -1.29. The fourth-order valence-electron chi connectivity index (χ4n) is 1.24. The number of aliphatic hydroxyl groups is 1. The Bertz CT molecular complexity index is 346. The van der Waals surface area contributed by atoms with E-state index < -0.39 is 0 Å². The molecule has 0 amide bonds. The molecule has 0 aliphatic rings. The number of unbranched alkanes of at least 4 members (excludes halogenated alkanes) is 2. The minimum Gasteiger partial charge on any atom is -0.488 e. The highest BCUT2D eigenvalue weighted by Crippen LogP contribution is 2.03. The molecule has 1 aromatic heterocycles. The van der Waals surface area contributed by atoms with E-state index in [9.17, 15) is 4.79 Å². The molecular weight excluding hydrogens is 194 g/mol. The first-order chi connectivity index (χ1) is 7.27. The topological polar surface area (TPSA) is 62.3 Å². The molecule has 0 aliphatic heterocycles. The van der Waals surface area contributed by atoms with Crippen molar-refractivity contribution in [1.29, 1.82) is 0 Å². The normalized spacial score (nSPS) is 10.3. The summed E-state index contributed by atoms with van der Waals surface area (Å²) in [5.74, 6) is 0.323. The van der Waals surface area contributed by atoms with Crippen molar-refractivity contribution in [3.05, 3.63) is 28.2 Å². The predicted octanol–water partition coefficient (Wildman–Crippen LogP) is 1.44. The lowest BCUT2D eigenvalue weighted by molar-refractivity contribution is 0.274. The minimum atomic E-state index is -0.186. The molecule has 84 valence electrons. The smallest absolute Gasteiger partial charge is 0.223 e. The van der Waals surface area contributed by atoms with Gasteiger partial charge in [-0.05, 0) is 6.42 Å². The van der Waals surface area contributed by atoms with Crippen LogP contribution in [0.2, 0.25) is 0 Å². The number of H-pyrrole nitrogens is 1. The molecule has 0 aliphatic carbocycles. The zero-order valence-electron chi connectivity index (χ0n) is 8.95. The largest absolute Gasteiger partial charge is 0.488 e. The average Bonchev–Trinajstić information content (AvgIpc) is 2.26. The van der Waals surface area contributed by atoms with Gasteiger partial charge >= 0.3 is 0 Å². The first kappa shape index (κ1) is 11.8. The van der Waals surface area contributed by atoms with Gasteiger partial charge in [-0.2, -0.15) is 0 Å². The highest BCUT2D eigenvalue weighted by atomic mass is 16.5. The Kier molecular flexibility index (Phi) is 4.90. The molecule has 0 unspecified atom stereocenters. The standard InChI is InChI=1S/C11H17NO3/c1-2-3-4-5-15-11-7-12-9(8-13)6-10(11)14/h6-7,13H,2-5,8H2,1H3,(H,12,14). The third-order valence-corrected chi connectivity index (χ3v) is 2.11. The van der Waals surface area contributed by atoms with Gasteiger partial charge in [-0.3, -0.25) is 4.79 Å². The monoisotopic (exact) mass is 211 g/mol. The molecule has 0 fully saturated rings. The summed E-state index contributed by atoms with van der Waals surface area (Å²) in [4.78, 5) is 14.2. The van der Waals surface area contributed by atoms with Gasteiger partial charge in [0.1, 0.15) is 0 Å². The van der Waals surface area contributed by atoms with Crippen LogP contribution < -0.4 is 10.2 Å². The fraction of sp³-hybridized carbons (Fsp3) is 0.545. The summed E-state index contributed by atoms with van der Waals surface area (Å²) in [6.07, 6.45) is 4.69. The summed E-state index contributed by atoms with van der Waals surface area (Å²) in [5.41, 5.74) is 0.315. The van der Waals surface area contributed by atoms with Crippen molar-refractivity contribution >= 4 is 0 Å². The minimum absolute atomic E-state index is 0.161. The second-order valence-electron chi connectivity index (χ2n) is 3.40. The molecule has 1 heterocycles. The van der Waals surface area contributed by atoms with Gasteiger partial charge in [0.15, 0.2) is 5.75 Å². The summed E-state index contributed by atoms with van der Waals surface area (Å²) in [6.45, 7) is 2.52. The Labute approximate surface area is 88.9 Å². The van der Waals surface area contributed by atoms with Gasteiger partial charge in [-0.15, -0.1) is 0 Å². The number of hydrogen-bond acceptors (Lipinski definition) is 3. The van der Waals surface area contributed by atoms with Gasteiger partial charge in [0.05, 0.1) is 13.2 Å². The van der Waals surface area contributed by atoms with E-state index in [2.05, 4.69) is 11.9 Å². The van der Waals surface area contributed by atoms with Crippen LogP contribution in [-0.2, 0) is 6.61 Å². The van der Waals surface area contributed by atoms with Crippen molar-refractivity contribution in [2.45, 2.75) is 32.8 Å². The van der Waals surface area contributed by atoms with Crippen LogP contribution in [0.15, 0.2) is 17.1 Å². The second-order valence-corrected chi connectivity index (χ2v) is 3.40. The number of aliphatic hydroxyl groups excluding tert-OH is 1. The van der Waals surface area contributed by atoms with Crippen LogP contribution in [0.5, 0.6) is 5.75 Å². The summed E-state index contributed by atoms with van der Waals surface area (Å²) in [5, 5.41) is 8.79. The van der Waals surface area contributed by atoms with E-state index in [1.807, 2.05) is 0 Å². The van der Waals surface area contributed by atoms with E-state index in [-0.39, 0.29) is 12.0 Å². The first-order valence-corrected chi connectivity index (χ1v) is 5.23. The van der Waals surface area contributed by atoms with Crippen LogP contribution in [0.3, 0.4) is 0 Å². The summed E-state index contributed by atoms with van der Waals surface area (Å²) in [7, 11) is 0. The molecule has 0 saturated carbocycles. The van der Waals surface area contributed by atoms with Gasteiger partial charge in [0.2, 0.25) is 5.43 Å². The lowest BCUT2D eigenvalue weighted by atomic mass is 10.3. The van der Waals surface area contributed by atoms with E-state index >= 15 is 0 Å². The third-order valence-electron chi connectivity index (χ3n) is 2.11. The second kappa shape index (κ2) is 6.24. The van der Waals surface area contributed by atoms with E-state index in [1.54, 1.807) is 0 Å². The van der Waals surface area contributed by atoms with Crippen LogP contribution in [-0.4, -0.2) is 16.7 Å². The predicted molar refractivity (Wildman–Crippen MR) is 58.0 cm³/mol. The molecule has 4 heteroatoms. The molecule has 0 spiro atoms. The van der Waals surface area contributed by atoms with Crippen molar-refractivity contribution in [2.24, 2.45) is 0 Å². The van der Waals surface area contributed by atoms with E-state index in [1.165, 1.54) is 12.3 Å². The van der Waals surface area contributed by atoms with E-state index in [4.69, 9.17) is 9.84 Å². The summed E-state index contributed by atoms with van der Waals surface area (Å²) < 4.78 is 5.31. The maximum atomic E-state index is 11.4. The highest BCUT2D eigenvalue weighted by molar-refractivity contribution is 5.19. The van der Waals surface area contributed by atoms with Crippen LogP contribution in [0.1, 0.15) is 31.9 Å². The van der Waals surface area contributed by atoms with Gasteiger partial charge < -0.3 is 14.8 Å². The highest BCUT2D eigenvalue weighted by Gasteiger charge is 2.01. The zero-order valence-corrected chi connectivity index (χ0v) is 8.95. The number of pyridine rings is 1. The first-order valence-electron chi connectivity index (χ1n) is 5.23. The molecule has 1 rings (SSSR count). The molecule has 1 aromatic rings. The van der Waals surface area contributed by atoms with Crippen LogP contribution >= 0.6 is 0 Å². The van der Waals surface area contributed by atoms with Gasteiger partial charge in [0, 0.05) is 18.0 Å². The molecule has 0 radical (unpaired) electrons. The van der Waals surface area contributed by atoms with E-state index in [0.29, 0.717) is 18.1 Å². The molecule has 15 heavy (non-hydrogen) atoms. The van der Waals surface area contributed by atoms with Gasteiger partial charge in [0.25, 0.3) is 0 Å². The van der Waals surface area contributed by atoms with Crippen molar-refractivity contribution < 1.29 is 9.84 Å². The van der Waals surface area contributed by atoms with Crippen LogP contribution in [0.25, 0.3) is 0 Å².